The van der Waals surface area contributed by atoms with Gasteiger partial charge in [0.05, 0.1) is 6.54 Å². The molecule has 5 heteroatoms. The van der Waals surface area contributed by atoms with Crippen LogP contribution in [0.25, 0.3) is 0 Å². The van der Waals surface area contributed by atoms with E-state index in [1.165, 1.54) is 6.92 Å². The van der Waals surface area contributed by atoms with Crippen LogP contribution in [0.5, 0.6) is 0 Å². The molecule has 0 radical (unpaired) electrons. The number of aliphatic carboxylic acids is 1. The van der Waals surface area contributed by atoms with E-state index < -0.39 is 11.6 Å². The van der Waals surface area contributed by atoms with Crippen LogP contribution in [-0.2, 0) is 14.3 Å². The first-order chi connectivity index (χ1) is 6.85. The zero-order chi connectivity index (χ0) is 11.6. The number of hydrogen-bond donors (Lipinski definition) is 1. The van der Waals surface area contributed by atoms with Crippen molar-refractivity contribution in [2.45, 2.75) is 26.4 Å². The van der Waals surface area contributed by atoms with Gasteiger partial charge < -0.3 is 14.7 Å². The van der Waals surface area contributed by atoms with E-state index in [4.69, 9.17) is 9.84 Å². The lowest BCUT2D eigenvalue weighted by Gasteiger charge is -2.38. The van der Waals surface area contributed by atoms with Crippen LogP contribution < -0.4 is 0 Å². The van der Waals surface area contributed by atoms with E-state index in [0.717, 1.165) is 0 Å². The fourth-order valence-corrected chi connectivity index (χ4v) is 1.55. The molecule has 1 heterocycles. The topological polar surface area (TPSA) is 66.8 Å². The minimum Gasteiger partial charge on any atom is -0.479 e. The van der Waals surface area contributed by atoms with Crippen LogP contribution in [0.15, 0.2) is 0 Å². The van der Waals surface area contributed by atoms with Gasteiger partial charge in [0.25, 0.3) is 0 Å². The van der Waals surface area contributed by atoms with E-state index in [1.807, 2.05) is 13.8 Å². The van der Waals surface area contributed by atoms with E-state index in [1.54, 1.807) is 4.90 Å². The van der Waals surface area contributed by atoms with Gasteiger partial charge in [-0.2, -0.15) is 0 Å². The first-order valence-corrected chi connectivity index (χ1v) is 5.00. The summed E-state index contributed by atoms with van der Waals surface area (Å²) in [6, 6.07) is 0. The first kappa shape index (κ1) is 12.0. The van der Waals surface area contributed by atoms with Gasteiger partial charge in [0.1, 0.15) is 6.61 Å². The van der Waals surface area contributed by atoms with Crippen LogP contribution in [0.3, 0.4) is 0 Å². The van der Waals surface area contributed by atoms with Crippen molar-refractivity contribution in [2.24, 2.45) is 5.92 Å². The lowest BCUT2D eigenvalue weighted by molar-refractivity contribution is -0.181. The van der Waals surface area contributed by atoms with Gasteiger partial charge in [0.2, 0.25) is 5.91 Å². The van der Waals surface area contributed by atoms with Gasteiger partial charge in [-0.05, 0) is 12.8 Å². The number of rotatable bonds is 3. The molecule has 15 heavy (non-hydrogen) atoms. The number of ether oxygens (including phenoxy) is 1. The second kappa shape index (κ2) is 4.18. The molecule has 0 bridgehead atoms. The molecule has 1 amide bonds. The van der Waals surface area contributed by atoms with Crippen molar-refractivity contribution >= 4 is 11.9 Å². The molecule has 1 atom stereocenters. The van der Waals surface area contributed by atoms with E-state index >= 15 is 0 Å². The van der Waals surface area contributed by atoms with Gasteiger partial charge in [-0.1, -0.05) is 13.8 Å². The summed E-state index contributed by atoms with van der Waals surface area (Å²) in [6.07, 6.45) is 0. The molecule has 1 saturated heterocycles. The second-order valence-electron chi connectivity index (χ2n) is 4.49. The minimum atomic E-state index is -1.26. The van der Waals surface area contributed by atoms with Gasteiger partial charge in [-0.15, -0.1) is 0 Å². The maximum Gasteiger partial charge on any atom is 0.337 e. The molecule has 1 aliphatic heterocycles. The third-order valence-corrected chi connectivity index (χ3v) is 2.40. The number of carbonyl (C=O) groups is 2. The minimum absolute atomic E-state index is 0.124. The predicted molar refractivity (Wildman–Crippen MR) is 53.4 cm³/mol. The summed E-state index contributed by atoms with van der Waals surface area (Å²) in [5.74, 6) is -0.837. The summed E-state index contributed by atoms with van der Waals surface area (Å²) >= 11 is 0. The Morgan fingerprint density at radius 2 is 2.27 bits per heavy atom. The Bertz CT molecular complexity index is 277. The lowest BCUT2D eigenvalue weighted by atomic mass is 10.0. The molecule has 1 rings (SSSR count). The third kappa shape index (κ3) is 2.68. The molecule has 1 unspecified atom stereocenters. The molecule has 0 saturated carbocycles. The highest BCUT2D eigenvalue weighted by Gasteiger charge is 2.42. The SMILES string of the molecule is CC(C)CN1CC(C)(C(=O)O)OCC1=O. The molecule has 0 aromatic heterocycles. The van der Waals surface area contributed by atoms with Crippen molar-refractivity contribution < 1.29 is 19.4 Å². The second-order valence-corrected chi connectivity index (χ2v) is 4.49. The van der Waals surface area contributed by atoms with Crippen molar-refractivity contribution in [1.29, 1.82) is 0 Å². The van der Waals surface area contributed by atoms with Crippen LogP contribution in [0.1, 0.15) is 20.8 Å². The van der Waals surface area contributed by atoms with Gasteiger partial charge >= 0.3 is 5.97 Å². The Balaban J connectivity index is 2.71. The Kier molecular flexibility index (Phi) is 3.34. The summed E-state index contributed by atoms with van der Waals surface area (Å²) in [7, 11) is 0. The zero-order valence-corrected chi connectivity index (χ0v) is 9.32. The molecule has 0 spiro atoms. The Labute approximate surface area is 89.0 Å². The predicted octanol–water partition coefficient (Wildman–Crippen LogP) is 0.344. The largest absolute Gasteiger partial charge is 0.479 e. The molecule has 0 aromatic carbocycles. The quantitative estimate of drug-likeness (QED) is 0.737. The molecular formula is C10H17NO4. The van der Waals surface area contributed by atoms with Gasteiger partial charge in [0.15, 0.2) is 5.60 Å². The Hall–Kier alpha value is -1.10. The van der Waals surface area contributed by atoms with Crippen LogP contribution in [0.2, 0.25) is 0 Å². The summed E-state index contributed by atoms with van der Waals surface area (Å²) in [4.78, 5) is 24.0. The van der Waals surface area contributed by atoms with Crippen LogP contribution in [0.4, 0.5) is 0 Å². The van der Waals surface area contributed by atoms with Crippen LogP contribution in [0, 0.1) is 5.92 Å². The number of carbonyl (C=O) groups excluding carboxylic acids is 1. The van der Waals surface area contributed by atoms with Crippen molar-refractivity contribution in [1.82, 2.24) is 4.90 Å². The summed E-state index contributed by atoms with van der Waals surface area (Å²) in [5, 5.41) is 8.97. The highest BCUT2D eigenvalue weighted by molar-refractivity contribution is 5.83. The highest BCUT2D eigenvalue weighted by Crippen LogP contribution is 2.19. The van der Waals surface area contributed by atoms with Gasteiger partial charge in [0, 0.05) is 6.54 Å². The number of carboxylic acids is 1. The van der Waals surface area contributed by atoms with E-state index in [-0.39, 0.29) is 19.1 Å². The Morgan fingerprint density at radius 1 is 1.67 bits per heavy atom. The first-order valence-electron chi connectivity index (χ1n) is 5.00. The normalized spacial score (nSPS) is 27.2. The van der Waals surface area contributed by atoms with Crippen molar-refractivity contribution in [3.8, 4) is 0 Å². The van der Waals surface area contributed by atoms with Crippen molar-refractivity contribution in [2.75, 3.05) is 19.7 Å². The fraction of sp³-hybridized carbons (Fsp3) is 0.800. The monoisotopic (exact) mass is 215 g/mol. The number of nitrogens with zero attached hydrogens (tertiary/aromatic N) is 1. The molecule has 86 valence electrons. The molecule has 1 aliphatic rings. The molecular weight excluding hydrogens is 198 g/mol. The maximum atomic E-state index is 11.4. The molecule has 1 N–H and O–H groups in total. The molecule has 0 aliphatic carbocycles. The molecule has 5 nitrogen and oxygen atoms in total. The van der Waals surface area contributed by atoms with Gasteiger partial charge in [-0.25, -0.2) is 4.79 Å². The van der Waals surface area contributed by atoms with E-state index in [0.29, 0.717) is 12.5 Å². The third-order valence-electron chi connectivity index (χ3n) is 2.40. The molecule has 1 fully saturated rings. The molecule has 0 aromatic rings. The van der Waals surface area contributed by atoms with E-state index in [9.17, 15) is 9.59 Å². The standard InChI is InChI=1S/C10H17NO4/c1-7(2)4-11-6-10(3,9(13)14)15-5-8(11)12/h7H,4-6H2,1-3H3,(H,13,14). The lowest BCUT2D eigenvalue weighted by Crippen LogP contribution is -2.57. The summed E-state index contributed by atoms with van der Waals surface area (Å²) in [5.41, 5.74) is -1.26. The smallest absolute Gasteiger partial charge is 0.337 e. The average Bonchev–Trinajstić information content (AvgIpc) is 2.10. The average molecular weight is 215 g/mol. The fourth-order valence-electron chi connectivity index (χ4n) is 1.55. The van der Waals surface area contributed by atoms with E-state index in [2.05, 4.69) is 0 Å². The maximum absolute atomic E-state index is 11.4. The number of amides is 1. The Morgan fingerprint density at radius 3 is 2.73 bits per heavy atom. The number of hydrogen-bond acceptors (Lipinski definition) is 3. The van der Waals surface area contributed by atoms with Crippen LogP contribution in [-0.4, -0.2) is 47.2 Å². The van der Waals surface area contributed by atoms with Gasteiger partial charge in [-0.3, -0.25) is 4.79 Å². The van der Waals surface area contributed by atoms with Crippen molar-refractivity contribution in [3.05, 3.63) is 0 Å². The highest BCUT2D eigenvalue weighted by atomic mass is 16.5. The number of carboxylic acid groups (broad SMARTS) is 1. The summed E-state index contributed by atoms with van der Waals surface area (Å²) < 4.78 is 5.06. The number of morpholine rings is 1. The summed E-state index contributed by atoms with van der Waals surface area (Å²) in [6.45, 7) is 6.02. The van der Waals surface area contributed by atoms with Crippen molar-refractivity contribution in [3.63, 3.8) is 0 Å². The zero-order valence-electron chi connectivity index (χ0n) is 9.32. The van der Waals surface area contributed by atoms with Crippen LogP contribution >= 0.6 is 0 Å².